The van der Waals surface area contributed by atoms with Crippen LogP contribution in [0, 0.1) is 24.1 Å². The SMILES string of the molecule is Cc1cc(F)ccc1C(C#N)Nc1ccccc1. The lowest BCUT2D eigenvalue weighted by Gasteiger charge is -2.15. The van der Waals surface area contributed by atoms with Crippen LogP contribution < -0.4 is 5.32 Å². The van der Waals surface area contributed by atoms with Crippen molar-refractivity contribution in [3.05, 3.63) is 65.5 Å². The molecule has 0 fully saturated rings. The molecule has 1 N–H and O–H groups in total. The Labute approximate surface area is 106 Å². The van der Waals surface area contributed by atoms with Gasteiger partial charge in [0.15, 0.2) is 0 Å². The highest BCUT2D eigenvalue weighted by atomic mass is 19.1. The number of hydrogen-bond donors (Lipinski definition) is 1. The fraction of sp³-hybridized carbons (Fsp3) is 0.133. The van der Waals surface area contributed by atoms with Crippen LogP contribution in [0.3, 0.4) is 0 Å². The molecule has 1 atom stereocenters. The number of hydrogen-bond acceptors (Lipinski definition) is 2. The van der Waals surface area contributed by atoms with Crippen molar-refractivity contribution < 1.29 is 4.39 Å². The molecule has 0 aliphatic heterocycles. The molecule has 90 valence electrons. The van der Waals surface area contributed by atoms with Crippen LogP contribution in [-0.2, 0) is 0 Å². The van der Waals surface area contributed by atoms with Crippen molar-refractivity contribution in [2.24, 2.45) is 0 Å². The molecule has 0 saturated heterocycles. The number of halogens is 1. The Morgan fingerprint density at radius 3 is 2.50 bits per heavy atom. The van der Waals surface area contributed by atoms with Gasteiger partial charge in [-0.1, -0.05) is 24.3 Å². The van der Waals surface area contributed by atoms with Gasteiger partial charge in [-0.2, -0.15) is 5.26 Å². The summed E-state index contributed by atoms with van der Waals surface area (Å²) in [5.41, 5.74) is 2.43. The van der Waals surface area contributed by atoms with Crippen LogP contribution in [0.25, 0.3) is 0 Å². The van der Waals surface area contributed by atoms with E-state index in [0.717, 1.165) is 16.8 Å². The van der Waals surface area contributed by atoms with E-state index in [9.17, 15) is 9.65 Å². The van der Waals surface area contributed by atoms with Crippen LogP contribution in [0.4, 0.5) is 10.1 Å². The number of anilines is 1. The predicted molar refractivity (Wildman–Crippen MR) is 69.6 cm³/mol. The first-order valence-corrected chi connectivity index (χ1v) is 5.68. The van der Waals surface area contributed by atoms with Gasteiger partial charge in [0, 0.05) is 5.69 Å². The Kier molecular flexibility index (Phi) is 3.59. The van der Waals surface area contributed by atoms with Crippen LogP contribution in [0.2, 0.25) is 0 Å². The zero-order valence-corrected chi connectivity index (χ0v) is 10.0. The molecular weight excluding hydrogens is 227 g/mol. The molecule has 0 saturated carbocycles. The molecule has 0 heterocycles. The monoisotopic (exact) mass is 240 g/mol. The summed E-state index contributed by atoms with van der Waals surface area (Å²) >= 11 is 0. The minimum Gasteiger partial charge on any atom is -0.366 e. The van der Waals surface area contributed by atoms with Crippen molar-refractivity contribution in [3.8, 4) is 6.07 Å². The van der Waals surface area contributed by atoms with E-state index in [-0.39, 0.29) is 5.82 Å². The Morgan fingerprint density at radius 1 is 1.17 bits per heavy atom. The van der Waals surface area contributed by atoms with Gasteiger partial charge in [0.05, 0.1) is 6.07 Å². The first-order chi connectivity index (χ1) is 8.70. The summed E-state index contributed by atoms with van der Waals surface area (Å²) in [7, 11) is 0. The molecule has 0 aliphatic rings. The Morgan fingerprint density at radius 2 is 1.89 bits per heavy atom. The van der Waals surface area contributed by atoms with E-state index in [1.165, 1.54) is 12.1 Å². The Balaban J connectivity index is 2.27. The average molecular weight is 240 g/mol. The Bertz CT molecular complexity index is 573. The maximum absolute atomic E-state index is 13.0. The minimum absolute atomic E-state index is 0.285. The molecule has 2 nitrogen and oxygen atoms in total. The molecule has 2 rings (SSSR count). The Hall–Kier alpha value is -2.34. The van der Waals surface area contributed by atoms with Crippen LogP contribution in [0.5, 0.6) is 0 Å². The zero-order chi connectivity index (χ0) is 13.0. The number of nitriles is 1. The molecular formula is C15H13FN2. The fourth-order valence-electron chi connectivity index (χ4n) is 1.84. The highest BCUT2D eigenvalue weighted by Gasteiger charge is 2.13. The minimum atomic E-state index is -0.479. The van der Waals surface area contributed by atoms with Crippen molar-refractivity contribution >= 4 is 5.69 Å². The van der Waals surface area contributed by atoms with Crippen LogP contribution in [0.15, 0.2) is 48.5 Å². The summed E-state index contributed by atoms with van der Waals surface area (Å²) in [6.07, 6.45) is 0. The summed E-state index contributed by atoms with van der Waals surface area (Å²) in [4.78, 5) is 0. The molecule has 0 spiro atoms. The van der Waals surface area contributed by atoms with E-state index in [0.29, 0.717) is 0 Å². The standard InChI is InChI=1S/C15H13FN2/c1-11-9-12(16)7-8-14(11)15(10-17)18-13-5-3-2-4-6-13/h2-9,15,18H,1H3. The van der Waals surface area contributed by atoms with Crippen molar-refractivity contribution in [3.63, 3.8) is 0 Å². The van der Waals surface area contributed by atoms with E-state index >= 15 is 0 Å². The largest absolute Gasteiger partial charge is 0.366 e. The van der Waals surface area contributed by atoms with Gasteiger partial charge in [0.1, 0.15) is 11.9 Å². The number of para-hydroxylation sites is 1. The lowest BCUT2D eigenvalue weighted by Crippen LogP contribution is -2.10. The van der Waals surface area contributed by atoms with Gasteiger partial charge in [-0.05, 0) is 42.3 Å². The third-order valence-electron chi connectivity index (χ3n) is 2.76. The number of nitrogens with zero attached hydrogens (tertiary/aromatic N) is 1. The average Bonchev–Trinajstić information content (AvgIpc) is 2.38. The molecule has 18 heavy (non-hydrogen) atoms. The predicted octanol–water partition coefficient (Wildman–Crippen LogP) is 3.81. The van der Waals surface area contributed by atoms with Crippen molar-refractivity contribution in [2.75, 3.05) is 5.32 Å². The normalized spacial score (nSPS) is 11.6. The van der Waals surface area contributed by atoms with Gasteiger partial charge < -0.3 is 5.32 Å². The zero-order valence-electron chi connectivity index (χ0n) is 10.0. The van der Waals surface area contributed by atoms with Gasteiger partial charge in [-0.3, -0.25) is 0 Å². The lowest BCUT2D eigenvalue weighted by atomic mass is 10.0. The molecule has 0 bridgehead atoms. The lowest BCUT2D eigenvalue weighted by molar-refractivity contribution is 0.625. The van der Waals surface area contributed by atoms with Crippen molar-refractivity contribution in [1.82, 2.24) is 0 Å². The maximum Gasteiger partial charge on any atom is 0.140 e. The van der Waals surface area contributed by atoms with Crippen molar-refractivity contribution in [2.45, 2.75) is 13.0 Å². The number of rotatable bonds is 3. The fourth-order valence-corrected chi connectivity index (χ4v) is 1.84. The summed E-state index contributed by atoms with van der Waals surface area (Å²) in [5.74, 6) is -0.285. The topological polar surface area (TPSA) is 35.8 Å². The maximum atomic E-state index is 13.0. The van der Waals surface area contributed by atoms with Gasteiger partial charge >= 0.3 is 0 Å². The summed E-state index contributed by atoms with van der Waals surface area (Å²) in [6.45, 7) is 1.80. The molecule has 0 aromatic heterocycles. The van der Waals surface area contributed by atoms with Gasteiger partial charge in [-0.15, -0.1) is 0 Å². The van der Waals surface area contributed by atoms with E-state index in [1.807, 2.05) is 30.3 Å². The molecule has 0 amide bonds. The van der Waals surface area contributed by atoms with Crippen LogP contribution in [0.1, 0.15) is 17.2 Å². The highest BCUT2D eigenvalue weighted by Crippen LogP contribution is 2.22. The number of benzene rings is 2. The molecule has 2 aromatic rings. The van der Waals surface area contributed by atoms with Crippen LogP contribution in [-0.4, -0.2) is 0 Å². The summed E-state index contributed by atoms with van der Waals surface area (Å²) < 4.78 is 13.0. The number of aryl methyl sites for hydroxylation is 1. The first-order valence-electron chi connectivity index (χ1n) is 5.68. The second kappa shape index (κ2) is 5.33. The molecule has 3 heteroatoms. The second-order valence-electron chi connectivity index (χ2n) is 4.07. The smallest absolute Gasteiger partial charge is 0.140 e. The first kappa shape index (κ1) is 12.1. The third kappa shape index (κ3) is 2.67. The van der Waals surface area contributed by atoms with Gasteiger partial charge in [-0.25, -0.2) is 4.39 Å². The molecule has 2 aromatic carbocycles. The second-order valence-corrected chi connectivity index (χ2v) is 4.07. The molecule has 0 radical (unpaired) electrons. The van der Waals surface area contributed by atoms with E-state index in [1.54, 1.807) is 13.0 Å². The highest BCUT2D eigenvalue weighted by molar-refractivity contribution is 5.48. The third-order valence-corrected chi connectivity index (χ3v) is 2.76. The van der Waals surface area contributed by atoms with E-state index in [2.05, 4.69) is 11.4 Å². The number of nitrogens with one attached hydrogen (secondary N) is 1. The summed E-state index contributed by atoms with van der Waals surface area (Å²) in [5, 5.41) is 12.3. The van der Waals surface area contributed by atoms with E-state index < -0.39 is 6.04 Å². The molecule has 0 aliphatic carbocycles. The van der Waals surface area contributed by atoms with E-state index in [4.69, 9.17) is 0 Å². The van der Waals surface area contributed by atoms with Crippen molar-refractivity contribution in [1.29, 1.82) is 5.26 Å². The van der Waals surface area contributed by atoms with Gasteiger partial charge in [0.2, 0.25) is 0 Å². The van der Waals surface area contributed by atoms with Crippen LogP contribution >= 0.6 is 0 Å². The quantitative estimate of drug-likeness (QED) is 0.885. The molecule has 1 unspecified atom stereocenters. The van der Waals surface area contributed by atoms with Gasteiger partial charge in [0.25, 0.3) is 0 Å². The summed E-state index contributed by atoms with van der Waals surface area (Å²) in [6, 6.07) is 15.7.